The van der Waals surface area contributed by atoms with Crippen molar-refractivity contribution in [2.45, 2.75) is 33.9 Å². The highest BCUT2D eigenvalue weighted by molar-refractivity contribution is 6.03. The number of hydrogen-bond donors (Lipinski definition) is 1. The summed E-state index contributed by atoms with van der Waals surface area (Å²) in [6, 6.07) is 8.77. The molecule has 0 aliphatic heterocycles. The Morgan fingerprint density at radius 2 is 1.90 bits per heavy atom. The van der Waals surface area contributed by atoms with Crippen LogP contribution in [0.1, 0.15) is 38.9 Å². The average Bonchev–Trinajstić information content (AvgIpc) is 3.34. The van der Waals surface area contributed by atoms with Crippen LogP contribution < -0.4 is 11.4 Å². The minimum absolute atomic E-state index is 0.131. The Balaban J connectivity index is 1.93. The summed E-state index contributed by atoms with van der Waals surface area (Å²) < 4.78 is 7.93. The van der Waals surface area contributed by atoms with Crippen molar-refractivity contribution in [3.05, 3.63) is 69.5 Å². The molecule has 3 heterocycles. The Morgan fingerprint density at radius 1 is 1.13 bits per heavy atom. The molecule has 2 N–H and O–H groups in total. The summed E-state index contributed by atoms with van der Waals surface area (Å²) in [5.74, 6) is -0.633. The van der Waals surface area contributed by atoms with Gasteiger partial charge < -0.3 is 10.2 Å². The van der Waals surface area contributed by atoms with E-state index in [9.17, 15) is 14.4 Å². The number of imidazole rings is 1. The summed E-state index contributed by atoms with van der Waals surface area (Å²) in [6.45, 7) is 5.57. The zero-order chi connectivity index (χ0) is 22.3. The van der Waals surface area contributed by atoms with Crippen LogP contribution in [0.25, 0.3) is 22.7 Å². The molecule has 0 aliphatic rings. The second-order valence-corrected chi connectivity index (χ2v) is 7.26. The second-order valence-electron chi connectivity index (χ2n) is 7.26. The first-order valence-corrected chi connectivity index (χ1v) is 9.77. The van der Waals surface area contributed by atoms with Gasteiger partial charge >= 0.3 is 5.69 Å². The van der Waals surface area contributed by atoms with Crippen molar-refractivity contribution in [3.8, 4) is 11.6 Å². The first kappa shape index (κ1) is 20.3. The molecule has 31 heavy (non-hydrogen) atoms. The van der Waals surface area contributed by atoms with Crippen LogP contribution in [0.15, 0.2) is 45.8 Å². The molecule has 4 aromatic rings. The number of Topliss-reactive ketones (excluding diaryl/α,β-unsaturated/α-hetero) is 1. The number of fused-ring (bicyclic) bond motifs is 1. The average molecular weight is 419 g/mol. The van der Waals surface area contributed by atoms with Crippen LogP contribution in [-0.4, -0.2) is 30.8 Å². The number of hydrogen-bond acceptors (Lipinski definition) is 6. The summed E-state index contributed by atoms with van der Waals surface area (Å²) >= 11 is 0. The molecule has 158 valence electrons. The smallest absolute Gasteiger partial charge is 0.330 e. The molecule has 0 aliphatic carbocycles. The maximum Gasteiger partial charge on any atom is 0.330 e. The lowest BCUT2D eigenvalue weighted by Crippen LogP contribution is -2.27. The third-order valence-electron chi connectivity index (χ3n) is 5.13. The number of carbonyl (C=O) groups excluding carboxylic acids is 2. The van der Waals surface area contributed by atoms with Gasteiger partial charge in [-0.1, -0.05) is 23.8 Å². The number of ketones is 1. The van der Waals surface area contributed by atoms with E-state index in [1.165, 1.54) is 15.4 Å². The summed E-state index contributed by atoms with van der Waals surface area (Å²) in [6.07, 6.45) is 1.45. The first-order valence-electron chi connectivity index (χ1n) is 9.77. The van der Waals surface area contributed by atoms with Crippen LogP contribution in [0, 0.1) is 13.8 Å². The summed E-state index contributed by atoms with van der Waals surface area (Å²) in [4.78, 5) is 47.1. The molecule has 9 heteroatoms. The fourth-order valence-electron chi connectivity index (χ4n) is 3.69. The third-order valence-corrected chi connectivity index (χ3v) is 5.13. The number of nitrogens with zero attached hydrogens (tertiary/aromatic N) is 4. The minimum atomic E-state index is -0.832. The normalized spacial score (nSPS) is 11.2. The maximum atomic E-state index is 13.1. The standard InChI is InChI=1S/C22H21N5O4/c1-4-26-21-18(17(19(23)29)24-20(25-21)16-6-5-9-31-16)27(22(26)30)11-15(28)14-8-7-12(2)10-13(14)3/h5-10H,4,11H2,1-3H3,(H2,23,29). The van der Waals surface area contributed by atoms with Gasteiger partial charge in [-0.2, -0.15) is 0 Å². The maximum absolute atomic E-state index is 13.1. The molecule has 0 fully saturated rings. The minimum Gasteiger partial charge on any atom is -0.461 e. The van der Waals surface area contributed by atoms with Gasteiger partial charge in [-0.05, 0) is 38.5 Å². The van der Waals surface area contributed by atoms with Crippen LogP contribution in [0.3, 0.4) is 0 Å². The van der Waals surface area contributed by atoms with E-state index in [0.717, 1.165) is 11.1 Å². The zero-order valence-electron chi connectivity index (χ0n) is 17.4. The highest BCUT2D eigenvalue weighted by Gasteiger charge is 2.25. The van der Waals surface area contributed by atoms with Crippen molar-refractivity contribution in [3.63, 3.8) is 0 Å². The molecule has 9 nitrogen and oxygen atoms in total. The summed E-state index contributed by atoms with van der Waals surface area (Å²) in [7, 11) is 0. The quantitative estimate of drug-likeness (QED) is 0.479. The molecular weight excluding hydrogens is 398 g/mol. The van der Waals surface area contributed by atoms with Gasteiger partial charge in [-0.25, -0.2) is 14.8 Å². The van der Waals surface area contributed by atoms with E-state index in [4.69, 9.17) is 10.2 Å². The Bertz CT molecular complexity index is 1380. The highest BCUT2D eigenvalue weighted by atomic mass is 16.3. The molecule has 0 radical (unpaired) electrons. The number of aryl methyl sites for hydroxylation is 3. The highest BCUT2D eigenvalue weighted by Crippen LogP contribution is 2.22. The number of rotatable bonds is 6. The molecule has 1 amide bonds. The summed E-state index contributed by atoms with van der Waals surface area (Å²) in [5.41, 5.74) is 7.67. The van der Waals surface area contributed by atoms with Gasteiger partial charge in [-0.3, -0.25) is 18.7 Å². The SMILES string of the molecule is CCn1c(=O)n(CC(=O)c2ccc(C)cc2C)c2c(C(N)=O)nc(-c3ccco3)nc21. The predicted octanol–water partition coefficient (Wildman–Crippen LogP) is 2.47. The Kier molecular flexibility index (Phi) is 5.02. The summed E-state index contributed by atoms with van der Waals surface area (Å²) in [5, 5.41) is 0. The van der Waals surface area contributed by atoms with Crippen LogP contribution in [0.5, 0.6) is 0 Å². The lowest BCUT2D eigenvalue weighted by molar-refractivity contribution is 0.0965. The Morgan fingerprint density at radius 3 is 2.52 bits per heavy atom. The van der Waals surface area contributed by atoms with Gasteiger partial charge in [0.25, 0.3) is 5.91 Å². The molecule has 4 rings (SSSR count). The molecule has 1 aromatic carbocycles. The first-order chi connectivity index (χ1) is 14.8. The van der Waals surface area contributed by atoms with Gasteiger partial charge in [0.15, 0.2) is 28.7 Å². The van der Waals surface area contributed by atoms with E-state index in [1.807, 2.05) is 26.0 Å². The monoisotopic (exact) mass is 419 g/mol. The van der Waals surface area contributed by atoms with Crippen molar-refractivity contribution >= 4 is 22.9 Å². The second kappa shape index (κ2) is 7.67. The van der Waals surface area contributed by atoms with Crippen LogP contribution in [0.2, 0.25) is 0 Å². The molecule has 0 unspecified atom stereocenters. The largest absolute Gasteiger partial charge is 0.461 e. The van der Waals surface area contributed by atoms with Gasteiger partial charge in [0.1, 0.15) is 5.52 Å². The van der Waals surface area contributed by atoms with E-state index in [2.05, 4.69) is 9.97 Å². The van der Waals surface area contributed by atoms with E-state index >= 15 is 0 Å². The Labute approximate surface area is 177 Å². The number of primary amides is 1. The molecule has 0 saturated heterocycles. The molecule has 0 saturated carbocycles. The van der Waals surface area contributed by atoms with E-state index in [-0.39, 0.29) is 41.6 Å². The van der Waals surface area contributed by atoms with Crippen LogP contribution in [-0.2, 0) is 13.1 Å². The van der Waals surface area contributed by atoms with E-state index in [0.29, 0.717) is 11.3 Å². The van der Waals surface area contributed by atoms with E-state index in [1.54, 1.807) is 25.1 Å². The van der Waals surface area contributed by atoms with Crippen molar-refractivity contribution in [2.75, 3.05) is 0 Å². The van der Waals surface area contributed by atoms with Gasteiger partial charge in [-0.15, -0.1) is 0 Å². The fraction of sp³-hybridized carbons (Fsp3) is 0.227. The zero-order valence-corrected chi connectivity index (χ0v) is 17.4. The third kappa shape index (κ3) is 3.43. The number of carbonyl (C=O) groups is 2. The predicted molar refractivity (Wildman–Crippen MR) is 114 cm³/mol. The Hall–Kier alpha value is -4.01. The van der Waals surface area contributed by atoms with Gasteiger partial charge in [0.2, 0.25) is 0 Å². The number of furan rings is 1. The van der Waals surface area contributed by atoms with E-state index < -0.39 is 11.6 Å². The molecular formula is C22H21N5O4. The molecule has 0 spiro atoms. The van der Waals surface area contributed by atoms with Crippen molar-refractivity contribution < 1.29 is 14.0 Å². The van der Waals surface area contributed by atoms with Crippen LogP contribution >= 0.6 is 0 Å². The number of benzene rings is 1. The van der Waals surface area contributed by atoms with Gasteiger partial charge in [0, 0.05) is 12.1 Å². The van der Waals surface area contributed by atoms with Crippen molar-refractivity contribution in [2.24, 2.45) is 5.73 Å². The lowest BCUT2D eigenvalue weighted by atomic mass is 10.0. The number of aromatic nitrogens is 4. The van der Waals surface area contributed by atoms with Crippen molar-refractivity contribution in [1.82, 2.24) is 19.1 Å². The number of amides is 1. The number of nitrogens with two attached hydrogens (primary N) is 1. The van der Waals surface area contributed by atoms with Gasteiger partial charge in [0.05, 0.1) is 12.8 Å². The fourth-order valence-corrected chi connectivity index (χ4v) is 3.69. The molecule has 0 atom stereocenters. The topological polar surface area (TPSA) is 126 Å². The molecule has 0 bridgehead atoms. The molecule has 3 aromatic heterocycles. The van der Waals surface area contributed by atoms with Crippen LogP contribution in [0.4, 0.5) is 0 Å². The lowest BCUT2D eigenvalue weighted by Gasteiger charge is -2.08. The van der Waals surface area contributed by atoms with Crippen molar-refractivity contribution in [1.29, 1.82) is 0 Å².